The molecule has 1 aliphatic heterocycles. The minimum atomic E-state index is 0.527. The monoisotopic (exact) mass is 313 g/mol. The van der Waals surface area contributed by atoms with Crippen LogP contribution in [0.1, 0.15) is 20.3 Å². The standard InChI is InChI=1S/C16H35N5O/c1-14(2)6-10-22-11-7-18-16(17-3)19-12-15-13-20(4)8-9-21(15)5/h14-15H,6-13H2,1-5H3,(H2,17,18,19). The van der Waals surface area contributed by atoms with Gasteiger partial charge in [0.1, 0.15) is 0 Å². The Labute approximate surface area is 136 Å². The largest absolute Gasteiger partial charge is 0.380 e. The van der Waals surface area contributed by atoms with E-state index in [0.29, 0.717) is 12.0 Å². The van der Waals surface area contributed by atoms with Crippen LogP contribution < -0.4 is 10.6 Å². The number of aliphatic imine (C=N–C) groups is 1. The summed E-state index contributed by atoms with van der Waals surface area (Å²) in [5, 5.41) is 6.72. The number of hydrogen-bond acceptors (Lipinski definition) is 4. The minimum Gasteiger partial charge on any atom is -0.380 e. The molecule has 1 atom stereocenters. The van der Waals surface area contributed by atoms with Gasteiger partial charge in [-0.15, -0.1) is 0 Å². The Morgan fingerprint density at radius 1 is 1.23 bits per heavy atom. The summed E-state index contributed by atoms with van der Waals surface area (Å²) in [5.74, 6) is 1.56. The van der Waals surface area contributed by atoms with Gasteiger partial charge in [-0.25, -0.2) is 0 Å². The summed E-state index contributed by atoms with van der Waals surface area (Å²) in [7, 11) is 6.19. The normalized spacial score (nSPS) is 21.4. The van der Waals surface area contributed by atoms with Crippen LogP contribution in [0.4, 0.5) is 0 Å². The van der Waals surface area contributed by atoms with Crippen LogP contribution in [-0.4, -0.2) is 88.9 Å². The molecule has 0 aromatic carbocycles. The van der Waals surface area contributed by atoms with E-state index in [2.05, 4.69) is 53.4 Å². The molecular weight excluding hydrogens is 278 g/mol. The first-order valence-corrected chi connectivity index (χ1v) is 8.44. The van der Waals surface area contributed by atoms with Crippen molar-refractivity contribution < 1.29 is 4.74 Å². The second kappa shape index (κ2) is 10.8. The van der Waals surface area contributed by atoms with Crippen molar-refractivity contribution in [3.05, 3.63) is 0 Å². The van der Waals surface area contributed by atoms with Gasteiger partial charge in [-0.1, -0.05) is 13.8 Å². The van der Waals surface area contributed by atoms with Crippen molar-refractivity contribution in [2.24, 2.45) is 10.9 Å². The molecule has 1 rings (SSSR count). The number of rotatable bonds is 8. The zero-order valence-electron chi connectivity index (χ0n) is 15.1. The van der Waals surface area contributed by atoms with Crippen molar-refractivity contribution >= 4 is 5.96 Å². The van der Waals surface area contributed by atoms with E-state index < -0.39 is 0 Å². The first kappa shape index (κ1) is 19.2. The van der Waals surface area contributed by atoms with Gasteiger partial charge in [-0.05, 0) is 26.4 Å². The molecule has 6 nitrogen and oxygen atoms in total. The number of hydrogen-bond donors (Lipinski definition) is 2. The molecule has 0 saturated carbocycles. The lowest BCUT2D eigenvalue weighted by molar-refractivity contribution is 0.116. The van der Waals surface area contributed by atoms with Crippen LogP contribution in [0.15, 0.2) is 4.99 Å². The third-order valence-electron chi connectivity index (χ3n) is 4.09. The van der Waals surface area contributed by atoms with Gasteiger partial charge in [-0.2, -0.15) is 0 Å². The molecule has 22 heavy (non-hydrogen) atoms. The lowest BCUT2D eigenvalue weighted by atomic mass is 10.1. The minimum absolute atomic E-state index is 0.527. The summed E-state index contributed by atoms with van der Waals surface area (Å²) in [6, 6.07) is 0.527. The molecule has 0 spiro atoms. The van der Waals surface area contributed by atoms with E-state index in [0.717, 1.165) is 58.3 Å². The predicted octanol–water partition coefficient (Wildman–Crippen LogP) is 0.460. The van der Waals surface area contributed by atoms with Gasteiger partial charge in [0.2, 0.25) is 0 Å². The van der Waals surface area contributed by atoms with Crippen molar-refractivity contribution in [1.29, 1.82) is 0 Å². The Balaban J connectivity index is 2.14. The molecule has 1 aliphatic rings. The average molecular weight is 313 g/mol. The topological polar surface area (TPSA) is 52.1 Å². The fourth-order valence-corrected chi connectivity index (χ4v) is 2.42. The number of ether oxygens (including phenoxy) is 1. The van der Waals surface area contributed by atoms with Crippen LogP contribution in [0.3, 0.4) is 0 Å². The zero-order chi connectivity index (χ0) is 16.4. The Kier molecular flexibility index (Phi) is 9.43. The summed E-state index contributed by atoms with van der Waals surface area (Å²) in [4.78, 5) is 9.06. The zero-order valence-corrected chi connectivity index (χ0v) is 15.1. The molecule has 0 aromatic rings. The van der Waals surface area contributed by atoms with Crippen molar-refractivity contribution in [2.45, 2.75) is 26.3 Å². The molecule has 0 aromatic heterocycles. The summed E-state index contributed by atoms with van der Waals surface area (Å²) in [6.07, 6.45) is 1.12. The maximum absolute atomic E-state index is 5.60. The van der Waals surface area contributed by atoms with Crippen molar-refractivity contribution in [3.63, 3.8) is 0 Å². The number of piperazine rings is 1. The molecule has 1 heterocycles. The van der Waals surface area contributed by atoms with Gasteiger partial charge in [-0.3, -0.25) is 9.89 Å². The van der Waals surface area contributed by atoms with Gasteiger partial charge in [0.25, 0.3) is 0 Å². The van der Waals surface area contributed by atoms with E-state index in [4.69, 9.17) is 4.74 Å². The molecule has 2 N–H and O–H groups in total. The second-order valence-electron chi connectivity index (χ2n) is 6.57. The fraction of sp³-hybridized carbons (Fsp3) is 0.938. The lowest BCUT2D eigenvalue weighted by Crippen LogP contribution is -2.55. The molecule has 0 bridgehead atoms. The lowest BCUT2D eigenvalue weighted by Gasteiger charge is -2.37. The number of guanidine groups is 1. The highest BCUT2D eigenvalue weighted by Crippen LogP contribution is 2.04. The Morgan fingerprint density at radius 3 is 2.68 bits per heavy atom. The molecule has 1 unspecified atom stereocenters. The molecule has 1 fully saturated rings. The van der Waals surface area contributed by atoms with Crippen molar-refractivity contribution in [2.75, 3.05) is 67.1 Å². The summed E-state index contributed by atoms with van der Waals surface area (Å²) in [6.45, 7) is 11.1. The molecule has 130 valence electrons. The van der Waals surface area contributed by atoms with Crippen LogP contribution >= 0.6 is 0 Å². The third kappa shape index (κ3) is 7.96. The number of likely N-dealkylation sites (N-methyl/N-ethyl adjacent to an activating group) is 2. The Morgan fingerprint density at radius 2 is 2.00 bits per heavy atom. The Hall–Kier alpha value is -0.850. The highest BCUT2D eigenvalue weighted by molar-refractivity contribution is 5.79. The molecule has 0 radical (unpaired) electrons. The number of nitrogens with zero attached hydrogens (tertiary/aromatic N) is 3. The van der Waals surface area contributed by atoms with E-state index in [9.17, 15) is 0 Å². The van der Waals surface area contributed by atoms with E-state index in [1.54, 1.807) is 0 Å². The van der Waals surface area contributed by atoms with Crippen molar-refractivity contribution in [3.8, 4) is 0 Å². The maximum atomic E-state index is 5.60. The molecular formula is C16H35N5O. The first-order valence-electron chi connectivity index (χ1n) is 8.44. The smallest absolute Gasteiger partial charge is 0.191 e. The number of nitrogens with one attached hydrogen (secondary N) is 2. The molecule has 1 saturated heterocycles. The quantitative estimate of drug-likeness (QED) is 0.387. The predicted molar refractivity (Wildman–Crippen MR) is 93.6 cm³/mol. The van der Waals surface area contributed by atoms with Gasteiger partial charge in [0.05, 0.1) is 6.61 Å². The van der Waals surface area contributed by atoms with Crippen LogP contribution in [-0.2, 0) is 4.74 Å². The van der Waals surface area contributed by atoms with Gasteiger partial charge in [0.15, 0.2) is 5.96 Å². The highest BCUT2D eigenvalue weighted by atomic mass is 16.5. The van der Waals surface area contributed by atoms with E-state index in [-0.39, 0.29) is 0 Å². The SMILES string of the molecule is CN=C(NCCOCCC(C)C)NCC1CN(C)CCN1C. The molecule has 0 aliphatic carbocycles. The molecule has 0 amide bonds. The molecule has 6 heteroatoms. The van der Waals surface area contributed by atoms with E-state index in [1.165, 1.54) is 0 Å². The summed E-state index contributed by atoms with van der Waals surface area (Å²) in [5.41, 5.74) is 0. The van der Waals surface area contributed by atoms with Crippen LogP contribution in [0.2, 0.25) is 0 Å². The van der Waals surface area contributed by atoms with E-state index in [1.807, 2.05) is 7.05 Å². The third-order valence-corrected chi connectivity index (χ3v) is 4.09. The van der Waals surface area contributed by atoms with Crippen LogP contribution in [0.5, 0.6) is 0 Å². The first-order chi connectivity index (χ1) is 10.5. The second-order valence-corrected chi connectivity index (χ2v) is 6.57. The van der Waals surface area contributed by atoms with Gasteiger partial charge in [0, 0.05) is 52.4 Å². The van der Waals surface area contributed by atoms with Crippen molar-refractivity contribution in [1.82, 2.24) is 20.4 Å². The maximum Gasteiger partial charge on any atom is 0.191 e. The van der Waals surface area contributed by atoms with Crippen LogP contribution in [0.25, 0.3) is 0 Å². The van der Waals surface area contributed by atoms with Gasteiger partial charge < -0.3 is 20.3 Å². The summed E-state index contributed by atoms with van der Waals surface area (Å²) < 4.78 is 5.60. The van der Waals surface area contributed by atoms with Gasteiger partial charge >= 0.3 is 0 Å². The highest BCUT2D eigenvalue weighted by Gasteiger charge is 2.21. The fourth-order valence-electron chi connectivity index (χ4n) is 2.42. The summed E-state index contributed by atoms with van der Waals surface area (Å²) >= 11 is 0. The average Bonchev–Trinajstić information content (AvgIpc) is 2.48. The van der Waals surface area contributed by atoms with Crippen LogP contribution in [0, 0.1) is 5.92 Å². The van der Waals surface area contributed by atoms with E-state index >= 15 is 0 Å². The Bertz CT molecular complexity index is 322.